The average Bonchev–Trinajstić information content (AvgIpc) is 2.99. The Labute approximate surface area is 282 Å². The predicted molar refractivity (Wildman–Crippen MR) is 183 cm³/mol. The van der Waals surface area contributed by atoms with Crippen LogP contribution in [0.4, 0.5) is 23.7 Å². The van der Waals surface area contributed by atoms with Crippen LogP contribution in [0.15, 0.2) is 42.7 Å². The third-order valence-corrected chi connectivity index (χ3v) is 15.9. The molecule has 1 aliphatic rings. The van der Waals surface area contributed by atoms with Crippen LogP contribution in [0, 0.1) is 23.4 Å². The Kier molecular flexibility index (Phi) is 11.7. The molecule has 3 N–H and O–H groups in total. The first-order valence-electron chi connectivity index (χ1n) is 16.6. The zero-order valence-corrected chi connectivity index (χ0v) is 29.9. The molecule has 0 saturated heterocycles. The van der Waals surface area contributed by atoms with Crippen molar-refractivity contribution in [2.24, 2.45) is 5.92 Å². The number of benzene rings is 1. The average molecular weight is 685 g/mol. The highest BCUT2D eigenvalue weighted by Gasteiger charge is 2.46. The van der Waals surface area contributed by atoms with E-state index >= 15 is 13.2 Å². The molecule has 4 rings (SSSR count). The Morgan fingerprint density at radius 3 is 2.12 bits per heavy atom. The van der Waals surface area contributed by atoms with E-state index in [4.69, 9.17) is 4.43 Å². The second kappa shape index (κ2) is 15.2. The fourth-order valence-electron chi connectivity index (χ4n) is 7.78. The third kappa shape index (κ3) is 7.91. The molecule has 48 heavy (non-hydrogen) atoms. The molecule has 1 aromatic carbocycles. The van der Waals surface area contributed by atoms with Gasteiger partial charge in [-0.15, -0.1) is 0 Å². The first-order chi connectivity index (χ1) is 22.5. The van der Waals surface area contributed by atoms with Crippen molar-refractivity contribution >= 4 is 26.0 Å². The number of nitrogens with zero attached hydrogens (tertiary/aromatic N) is 2. The van der Waals surface area contributed by atoms with Gasteiger partial charge in [-0.3, -0.25) is 9.78 Å². The van der Waals surface area contributed by atoms with Crippen LogP contribution in [0.2, 0.25) is 16.6 Å². The second-order valence-electron chi connectivity index (χ2n) is 14.0. The first kappa shape index (κ1) is 37.1. The van der Waals surface area contributed by atoms with Gasteiger partial charge in [-0.25, -0.2) is 22.9 Å². The predicted octanol–water partition coefficient (Wildman–Crippen LogP) is 9.61. The molecule has 3 aromatic rings. The lowest BCUT2D eigenvalue weighted by Crippen LogP contribution is -2.48. The van der Waals surface area contributed by atoms with Gasteiger partial charge in [-0.2, -0.15) is 0 Å². The highest BCUT2D eigenvalue weighted by Crippen LogP contribution is 2.45. The maximum absolute atomic E-state index is 15.7. The number of rotatable bonds is 11. The number of carboxylic acid groups (broad SMARTS) is 1. The summed E-state index contributed by atoms with van der Waals surface area (Å²) in [5, 5.41) is 14.6. The fraction of sp³-hybridized carbons (Fsp3) is 0.500. The van der Waals surface area contributed by atoms with Gasteiger partial charge in [0.2, 0.25) is 8.32 Å². The molecule has 1 aliphatic carbocycles. The monoisotopic (exact) mass is 684 g/mol. The van der Waals surface area contributed by atoms with E-state index < -0.39 is 55.1 Å². The summed E-state index contributed by atoms with van der Waals surface area (Å²) < 4.78 is 53.2. The summed E-state index contributed by atoms with van der Waals surface area (Å²) in [6.07, 6.45) is 3.39. The van der Waals surface area contributed by atoms with E-state index in [0.717, 1.165) is 36.2 Å². The molecule has 0 spiro atoms. The second-order valence-corrected chi connectivity index (χ2v) is 19.4. The van der Waals surface area contributed by atoms with Gasteiger partial charge in [0, 0.05) is 12.2 Å². The number of anilines is 1. The van der Waals surface area contributed by atoms with Crippen LogP contribution in [0.1, 0.15) is 108 Å². The molecule has 8 nitrogen and oxygen atoms in total. The molecular formula is C36H47F3N4O4Si. The van der Waals surface area contributed by atoms with Crippen LogP contribution in [0.25, 0.3) is 11.3 Å². The number of carbonyl (C=O) groups excluding carboxylic acids is 1. The summed E-state index contributed by atoms with van der Waals surface area (Å²) in [4.78, 5) is 32.9. The molecule has 1 saturated carbocycles. The van der Waals surface area contributed by atoms with E-state index in [9.17, 15) is 14.7 Å². The number of halogens is 3. The van der Waals surface area contributed by atoms with Crippen molar-refractivity contribution in [1.29, 1.82) is 0 Å². The van der Waals surface area contributed by atoms with Gasteiger partial charge in [0.25, 0.3) is 5.91 Å². The topological polar surface area (TPSA) is 113 Å². The first-order valence-corrected chi connectivity index (χ1v) is 18.8. The van der Waals surface area contributed by atoms with E-state index in [0.29, 0.717) is 24.1 Å². The third-order valence-electron chi connectivity index (χ3n) is 9.75. The zero-order valence-electron chi connectivity index (χ0n) is 28.9. The summed E-state index contributed by atoms with van der Waals surface area (Å²) >= 11 is 0. The molecule has 0 bridgehead atoms. The number of hydrogen-bond donors (Lipinski definition) is 3. The van der Waals surface area contributed by atoms with E-state index in [1.54, 1.807) is 19.2 Å². The lowest BCUT2D eigenvalue weighted by molar-refractivity contribution is 0.102. The SMILES string of the molecule is CC(O[Si](C(C)C)(C(C)C)C(C)C)c1cc(F)c(-c2nc(C(=O)Nc3cnccc3[C@@H]3C[C@H](C)C[C@H](NC(=O)O)C3)ccc2F)c(F)c1. The molecule has 0 radical (unpaired) electrons. The number of nitrogens with one attached hydrogen (secondary N) is 2. The number of carbonyl (C=O) groups is 2. The fourth-order valence-corrected chi connectivity index (χ4v) is 13.3. The maximum Gasteiger partial charge on any atom is 0.404 e. The van der Waals surface area contributed by atoms with Crippen molar-refractivity contribution < 1.29 is 32.3 Å². The summed E-state index contributed by atoms with van der Waals surface area (Å²) in [5.41, 5.74) is 0.712. The van der Waals surface area contributed by atoms with Crippen molar-refractivity contribution in [2.75, 3.05) is 5.32 Å². The summed E-state index contributed by atoms with van der Waals surface area (Å²) in [6.45, 7) is 16.6. The van der Waals surface area contributed by atoms with Gasteiger partial charge in [0.05, 0.1) is 23.6 Å². The van der Waals surface area contributed by atoms with Crippen molar-refractivity contribution in [1.82, 2.24) is 15.3 Å². The van der Waals surface area contributed by atoms with Crippen LogP contribution in [-0.2, 0) is 4.43 Å². The summed E-state index contributed by atoms with van der Waals surface area (Å²) in [7, 11) is -2.37. The largest absolute Gasteiger partial charge is 0.465 e. The Morgan fingerprint density at radius 2 is 1.54 bits per heavy atom. The molecule has 1 fully saturated rings. The lowest BCUT2D eigenvalue weighted by atomic mass is 9.76. The Bertz CT molecular complexity index is 1590. The normalized spacial score (nSPS) is 19.1. The molecule has 12 heteroatoms. The Balaban J connectivity index is 1.61. The van der Waals surface area contributed by atoms with Crippen LogP contribution < -0.4 is 10.6 Å². The van der Waals surface area contributed by atoms with Gasteiger partial charge in [0.15, 0.2) is 0 Å². The van der Waals surface area contributed by atoms with E-state index in [2.05, 4.69) is 62.1 Å². The highest BCUT2D eigenvalue weighted by molar-refractivity contribution is 6.77. The van der Waals surface area contributed by atoms with Gasteiger partial charge < -0.3 is 20.2 Å². The molecule has 2 heterocycles. The number of pyridine rings is 2. The minimum absolute atomic E-state index is 0.0665. The number of amides is 2. The van der Waals surface area contributed by atoms with Crippen molar-refractivity contribution in [3.8, 4) is 11.3 Å². The van der Waals surface area contributed by atoms with Gasteiger partial charge in [-0.1, -0.05) is 48.5 Å². The van der Waals surface area contributed by atoms with Gasteiger partial charge in [-0.05, 0) is 96.1 Å². The van der Waals surface area contributed by atoms with Gasteiger partial charge >= 0.3 is 6.09 Å². The molecule has 0 aliphatic heterocycles. The van der Waals surface area contributed by atoms with E-state index in [1.807, 2.05) is 6.92 Å². The highest BCUT2D eigenvalue weighted by atomic mass is 28.4. The number of aromatic nitrogens is 2. The maximum atomic E-state index is 15.7. The van der Waals surface area contributed by atoms with Crippen molar-refractivity contribution in [3.05, 3.63) is 77.0 Å². The minimum Gasteiger partial charge on any atom is -0.465 e. The smallest absolute Gasteiger partial charge is 0.404 e. The Morgan fingerprint density at radius 1 is 0.917 bits per heavy atom. The van der Waals surface area contributed by atoms with Crippen molar-refractivity contribution in [2.45, 2.75) is 109 Å². The van der Waals surface area contributed by atoms with E-state index in [1.165, 1.54) is 6.20 Å². The van der Waals surface area contributed by atoms with Crippen molar-refractivity contribution in [3.63, 3.8) is 0 Å². The zero-order chi connectivity index (χ0) is 35.5. The molecule has 2 amide bonds. The number of hydrogen-bond acceptors (Lipinski definition) is 5. The summed E-state index contributed by atoms with van der Waals surface area (Å²) in [6, 6.07) is 5.93. The standard InChI is InChI=1S/C36H47F3N4O4Si/c1-19(2)48(20(3)4,21(5)6)47-23(8)24-16-29(38)33(30(39)17-24)34-28(37)9-10-31(42-34)35(44)43-32-18-40-12-11-27(32)25-13-22(7)14-26(15-25)41-36(45)46/h9-12,16-23,25-26,41H,13-15H2,1-8H3,(H,43,44)(H,45,46)/t22-,23?,25+,26-/m0/s1. The lowest BCUT2D eigenvalue weighted by Gasteiger charge is -2.44. The van der Waals surface area contributed by atoms with Gasteiger partial charge in [0.1, 0.15) is 28.8 Å². The van der Waals surface area contributed by atoms with Crippen LogP contribution >= 0.6 is 0 Å². The Hall–Kier alpha value is -3.77. The summed E-state index contributed by atoms with van der Waals surface area (Å²) in [5.74, 6) is -3.56. The van der Waals surface area contributed by atoms with Crippen LogP contribution in [0.3, 0.4) is 0 Å². The molecule has 4 atom stereocenters. The molecule has 2 aromatic heterocycles. The minimum atomic E-state index is -2.37. The molecular weight excluding hydrogens is 638 g/mol. The van der Waals surface area contributed by atoms with Crippen LogP contribution in [0.5, 0.6) is 0 Å². The quantitative estimate of drug-likeness (QED) is 0.173. The van der Waals surface area contributed by atoms with E-state index in [-0.39, 0.29) is 40.2 Å². The molecule has 260 valence electrons. The molecule has 1 unspecified atom stereocenters. The van der Waals surface area contributed by atoms with Crippen LogP contribution in [-0.4, -0.2) is 41.4 Å².